The molecule has 2 aromatic heterocycles. The van der Waals surface area contributed by atoms with Gasteiger partial charge < -0.3 is 4.74 Å². The van der Waals surface area contributed by atoms with Crippen LogP contribution in [0.2, 0.25) is 0 Å². The lowest BCUT2D eigenvalue weighted by atomic mass is 10.1. The molecule has 0 amide bonds. The Kier molecular flexibility index (Phi) is 4.65. The van der Waals surface area contributed by atoms with Crippen LogP contribution in [-0.4, -0.2) is 33.1 Å². The molecule has 0 unspecified atom stereocenters. The second kappa shape index (κ2) is 7.04. The summed E-state index contributed by atoms with van der Waals surface area (Å²) in [6.07, 6.45) is 5.06. The van der Waals surface area contributed by atoms with Gasteiger partial charge in [-0.2, -0.15) is 0 Å². The lowest BCUT2D eigenvalue weighted by molar-refractivity contribution is 0.0600. The Balaban J connectivity index is 1.88. The summed E-state index contributed by atoms with van der Waals surface area (Å²) >= 11 is 0. The number of ether oxygens (including phenoxy) is 1. The van der Waals surface area contributed by atoms with Crippen LogP contribution < -0.4 is 0 Å². The predicted octanol–water partition coefficient (Wildman–Crippen LogP) is 2.97. The molecule has 0 spiro atoms. The van der Waals surface area contributed by atoms with Gasteiger partial charge in [0, 0.05) is 18.8 Å². The van der Waals surface area contributed by atoms with E-state index < -0.39 is 5.97 Å². The van der Waals surface area contributed by atoms with Gasteiger partial charge in [-0.3, -0.25) is 4.98 Å². The topological polar surface area (TPSA) is 69.9 Å². The van der Waals surface area contributed by atoms with Crippen molar-refractivity contribution in [2.24, 2.45) is 7.05 Å². The number of methoxy groups -OCH3 is 1. The van der Waals surface area contributed by atoms with E-state index in [0.717, 1.165) is 11.3 Å². The molecule has 3 aromatic rings. The summed E-state index contributed by atoms with van der Waals surface area (Å²) in [5.74, 6) is -0.739. The average Bonchev–Trinajstić information content (AvgIpc) is 3.01. The second-order valence-corrected chi connectivity index (χ2v) is 5.25. The van der Waals surface area contributed by atoms with Crippen LogP contribution in [0.5, 0.6) is 0 Å². The van der Waals surface area contributed by atoms with Crippen molar-refractivity contribution in [3.05, 3.63) is 65.4 Å². The van der Waals surface area contributed by atoms with Gasteiger partial charge in [0.05, 0.1) is 24.1 Å². The molecule has 0 N–H and O–H groups in total. The zero-order chi connectivity index (χ0) is 17.8. The van der Waals surface area contributed by atoms with Crippen molar-refractivity contribution in [2.75, 3.05) is 7.11 Å². The lowest BCUT2D eigenvalue weighted by Crippen LogP contribution is -2.01. The van der Waals surface area contributed by atoms with Crippen molar-refractivity contribution >= 4 is 18.1 Å². The van der Waals surface area contributed by atoms with Gasteiger partial charge >= 0.3 is 5.97 Å². The third-order valence-electron chi connectivity index (χ3n) is 3.61. The van der Waals surface area contributed by atoms with Crippen LogP contribution in [0.25, 0.3) is 23.4 Å². The van der Waals surface area contributed by atoms with E-state index in [4.69, 9.17) is 0 Å². The van der Waals surface area contributed by atoms with E-state index in [1.54, 1.807) is 42.1 Å². The largest absolute Gasteiger partial charge is 0.465 e. The summed E-state index contributed by atoms with van der Waals surface area (Å²) in [6, 6.07) is 9.42. The number of carbonyl (C=O) groups excluding carboxylic acids is 1. The van der Waals surface area contributed by atoms with Crippen molar-refractivity contribution in [1.82, 2.24) is 20.0 Å². The van der Waals surface area contributed by atoms with Gasteiger partial charge in [0.2, 0.25) is 0 Å². The number of halogens is 1. The highest BCUT2D eigenvalue weighted by atomic mass is 19.1. The van der Waals surface area contributed by atoms with E-state index >= 15 is 0 Å². The van der Waals surface area contributed by atoms with Crippen molar-refractivity contribution in [1.29, 1.82) is 0 Å². The predicted molar refractivity (Wildman–Crippen MR) is 90.9 cm³/mol. The Morgan fingerprint density at radius 2 is 1.92 bits per heavy atom. The van der Waals surface area contributed by atoms with Crippen molar-refractivity contribution in [2.45, 2.75) is 0 Å². The zero-order valence-corrected chi connectivity index (χ0v) is 13.7. The molecule has 0 saturated heterocycles. The summed E-state index contributed by atoms with van der Waals surface area (Å²) in [7, 11) is 3.09. The molecule has 0 bridgehead atoms. The number of aryl methyl sites for hydroxylation is 1. The Hall–Kier alpha value is -3.35. The van der Waals surface area contributed by atoms with Crippen LogP contribution in [0, 0.1) is 5.82 Å². The van der Waals surface area contributed by atoms with Crippen molar-refractivity contribution in [3.8, 4) is 11.3 Å². The van der Waals surface area contributed by atoms with Crippen molar-refractivity contribution in [3.63, 3.8) is 0 Å². The van der Waals surface area contributed by atoms with Crippen LogP contribution in [-0.2, 0) is 11.8 Å². The van der Waals surface area contributed by atoms with Gasteiger partial charge in [0.1, 0.15) is 11.5 Å². The molecule has 2 heterocycles. The maximum atomic E-state index is 13.1. The maximum Gasteiger partial charge on any atom is 0.339 e. The zero-order valence-electron chi connectivity index (χ0n) is 13.7. The number of benzene rings is 1. The average molecular weight is 338 g/mol. The highest BCUT2D eigenvalue weighted by Gasteiger charge is 2.10. The first-order valence-corrected chi connectivity index (χ1v) is 7.46. The number of aromatic nitrogens is 4. The molecule has 0 atom stereocenters. The SMILES string of the molecule is COC(=O)c1ccc(C=Cc2c(-c3ccc(F)cc3)nnn2C)nc1. The number of esters is 1. The smallest absolute Gasteiger partial charge is 0.339 e. The van der Waals surface area contributed by atoms with Crippen LogP contribution >= 0.6 is 0 Å². The third-order valence-corrected chi connectivity index (χ3v) is 3.61. The number of hydrogen-bond acceptors (Lipinski definition) is 5. The molecule has 25 heavy (non-hydrogen) atoms. The molecule has 0 saturated carbocycles. The fraction of sp³-hybridized carbons (Fsp3) is 0.111. The van der Waals surface area contributed by atoms with Gasteiger partial charge in [-0.1, -0.05) is 5.21 Å². The Labute approximate surface area is 143 Å². The molecule has 0 radical (unpaired) electrons. The van der Waals surface area contributed by atoms with Crippen LogP contribution in [0.15, 0.2) is 42.6 Å². The number of rotatable bonds is 4. The van der Waals surface area contributed by atoms with E-state index in [1.165, 1.54) is 25.4 Å². The molecule has 126 valence electrons. The molecule has 6 nitrogen and oxygen atoms in total. The second-order valence-electron chi connectivity index (χ2n) is 5.25. The normalized spacial score (nSPS) is 11.0. The number of nitrogens with zero attached hydrogens (tertiary/aromatic N) is 4. The van der Waals surface area contributed by atoms with Gasteiger partial charge in [0.15, 0.2) is 0 Å². The summed E-state index contributed by atoms with van der Waals surface area (Å²) in [5, 5.41) is 8.15. The molecular formula is C18H15FN4O2. The minimum atomic E-state index is -0.433. The van der Waals surface area contributed by atoms with E-state index in [2.05, 4.69) is 20.0 Å². The highest BCUT2D eigenvalue weighted by Crippen LogP contribution is 2.22. The highest BCUT2D eigenvalue weighted by molar-refractivity contribution is 5.89. The number of hydrogen-bond donors (Lipinski definition) is 0. The Morgan fingerprint density at radius 3 is 2.56 bits per heavy atom. The third kappa shape index (κ3) is 3.60. The molecule has 1 aromatic carbocycles. The Morgan fingerprint density at radius 1 is 1.16 bits per heavy atom. The van der Waals surface area contributed by atoms with Gasteiger partial charge in [-0.05, 0) is 48.6 Å². The summed E-state index contributed by atoms with van der Waals surface area (Å²) < 4.78 is 19.4. The molecule has 0 fully saturated rings. The first-order valence-electron chi connectivity index (χ1n) is 7.46. The fourth-order valence-corrected chi connectivity index (χ4v) is 2.27. The van der Waals surface area contributed by atoms with Crippen LogP contribution in [0.4, 0.5) is 4.39 Å². The standard InChI is InChI=1S/C18H15FN4O2/c1-23-16(17(21-22-23)12-3-6-14(19)7-4-12)10-9-15-8-5-13(11-20-15)18(24)25-2/h3-11H,1-2H3. The van der Waals surface area contributed by atoms with E-state index in [9.17, 15) is 9.18 Å². The first-order chi connectivity index (χ1) is 12.1. The van der Waals surface area contributed by atoms with Gasteiger partial charge in [-0.15, -0.1) is 5.10 Å². The fourth-order valence-electron chi connectivity index (χ4n) is 2.27. The van der Waals surface area contributed by atoms with Gasteiger partial charge in [0.25, 0.3) is 0 Å². The first kappa shape index (κ1) is 16.5. The summed E-state index contributed by atoms with van der Waals surface area (Å²) in [4.78, 5) is 15.6. The quantitative estimate of drug-likeness (QED) is 0.684. The molecule has 7 heteroatoms. The maximum absolute atomic E-state index is 13.1. The minimum Gasteiger partial charge on any atom is -0.465 e. The van der Waals surface area contributed by atoms with Gasteiger partial charge in [-0.25, -0.2) is 13.9 Å². The minimum absolute atomic E-state index is 0.306. The number of pyridine rings is 1. The summed E-state index contributed by atoms with van der Waals surface area (Å²) in [5.41, 5.74) is 3.21. The lowest BCUT2D eigenvalue weighted by Gasteiger charge is -2.01. The van der Waals surface area contributed by atoms with E-state index in [0.29, 0.717) is 17.0 Å². The number of carbonyl (C=O) groups is 1. The molecule has 3 rings (SSSR count). The molecule has 0 aliphatic carbocycles. The molecular weight excluding hydrogens is 323 g/mol. The summed E-state index contributed by atoms with van der Waals surface area (Å²) in [6.45, 7) is 0. The van der Waals surface area contributed by atoms with E-state index in [1.807, 2.05) is 6.08 Å². The van der Waals surface area contributed by atoms with Crippen LogP contribution in [0.1, 0.15) is 21.7 Å². The van der Waals surface area contributed by atoms with Crippen LogP contribution in [0.3, 0.4) is 0 Å². The monoisotopic (exact) mass is 338 g/mol. The molecule has 0 aliphatic rings. The van der Waals surface area contributed by atoms with E-state index in [-0.39, 0.29) is 5.82 Å². The Bertz CT molecular complexity index is 915. The molecule has 0 aliphatic heterocycles. The van der Waals surface area contributed by atoms with Crippen molar-refractivity contribution < 1.29 is 13.9 Å².